The van der Waals surface area contributed by atoms with Crippen LogP contribution in [0.25, 0.3) is 11.1 Å². The number of benzene rings is 2. The van der Waals surface area contributed by atoms with E-state index in [0.717, 1.165) is 37.2 Å². The normalized spacial score (nSPS) is 15.9. The summed E-state index contributed by atoms with van der Waals surface area (Å²) in [4.78, 5) is 19.5. The number of halogens is 2. The number of aliphatic carboxylic acids is 1. The fourth-order valence-corrected chi connectivity index (χ4v) is 5.16. The fraction of sp³-hybridized carbons (Fsp3) is 0.471. The summed E-state index contributed by atoms with van der Waals surface area (Å²) >= 11 is 0. The van der Waals surface area contributed by atoms with Crippen molar-refractivity contribution in [1.29, 1.82) is 0 Å². The van der Waals surface area contributed by atoms with Crippen LogP contribution in [0.4, 0.5) is 14.5 Å². The van der Waals surface area contributed by atoms with Crippen LogP contribution in [0.2, 0.25) is 0 Å². The topological polar surface area (TPSA) is 71.9 Å². The molecule has 0 bridgehead atoms. The summed E-state index contributed by atoms with van der Waals surface area (Å²) in [5.74, 6) is -1.82. The number of carboxylic acids is 1. The minimum Gasteiger partial charge on any atom is -0.490 e. The zero-order valence-corrected chi connectivity index (χ0v) is 25.5. The summed E-state index contributed by atoms with van der Waals surface area (Å²) in [5, 5.41) is 10.4. The maximum Gasteiger partial charge on any atom is 0.337 e. The molecular formula is C34H42F2N2O4. The van der Waals surface area contributed by atoms with Gasteiger partial charge in [0.15, 0.2) is 17.7 Å². The van der Waals surface area contributed by atoms with Crippen LogP contribution in [0.15, 0.2) is 48.7 Å². The van der Waals surface area contributed by atoms with Crippen LogP contribution in [0.3, 0.4) is 0 Å². The van der Waals surface area contributed by atoms with Gasteiger partial charge in [-0.1, -0.05) is 39.0 Å². The predicted octanol–water partition coefficient (Wildman–Crippen LogP) is 7.91. The monoisotopic (exact) mass is 580 g/mol. The quantitative estimate of drug-likeness (QED) is 0.248. The molecule has 1 aromatic heterocycles. The van der Waals surface area contributed by atoms with Crippen molar-refractivity contribution < 1.29 is 28.2 Å². The van der Waals surface area contributed by atoms with Crippen molar-refractivity contribution in [3.63, 3.8) is 0 Å². The van der Waals surface area contributed by atoms with Crippen LogP contribution < -0.4 is 9.64 Å². The Balaban J connectivity index is 1.72. The van der Waals surface area contributed by atoms with Gasteiger partial charge in [0.1, 0.15) is 5.82 Å². The minimum atomic E-state index is -1.24. The van der Waals surface area contributed by atoms with Crippen molar-refractivity contribution in [3.8, 4) is 16.9 Å². The van der Waals surface area contributed by atoms with E-state index < -0.39 is 23.5 Å². The maximum atomic E-state index is 15.4. The first-order valence-electron chi connectivity index (χ1n) is 14.6. The molecule has 1 aliphatic rings. The molecular weight excluding hydrogens is 538 g/mol. The number of hydrogen-bond donors (Lipinski definition) is 1. The number of piperidine rings is 1. The highest BCUT2D eigenvalue weighted by atomic mass is 19.1. The molecule has 1 fully saturated rings. The van der Waals surface area contributed by atoms with Gasteiger partial charge in [-0.2, -0.15) is 0 Å². The van der Waals surface area contributed by atoms with Gasteiger partial charge in [0.2, 0.25) is 0 Å². The summed E-state index contributed by atoms with van der Waals surface area (Å²) in [6.07, 6.45) is 3.46. The lowest BCUT2D eigenvalue weighted by molar-refractivity contribution is -0.162. The molecule has 2 aromatic carbocycles. The molecule has 1 saturated heterocycles. The molecule has 0 radical (unpaired) electrons. The summed E-state index contributed by atoms with van der Waals surface area (Å²) in [5.41, 5.74) is 3.41. The smallest absolute Gasteiger partial charge is 0.337 e. The largest absolute Gasteiger partial charge is 0.490 e. The number of aromatic nitrogens is 1. The lowest BCUT2D eigenvalue weighted by Crippen LogP contribution is -2.39. The third-order valence-electron chi connectivity index (χ3n) is 8.30. The van der Waals surface area contributed by atoms with Crippen LogP contribution in [0.1, 0.15) is 76.8 Å². The Labute approximate surface area is 247 Å². The lowest BCUT2D eigenvalue weighted by atomic mass is 9.82. The molecule has 1 unspecified atom stereocenters. The van der Waals surface area contributed by atoms with Crippen LogP contribution >= 0.6 is 0 Å². The number of carbonyl (C=O) groups is 1. The van der Waals surface area contributed by atoms with Gasteiger partial charge in [0.05, 0.1) is 17.9 Å². The Kier molecular flexibility index (Phi) is 9.56. The lowest BCUT2D eigenvalue weighted by Gasteiger charge is -2.41. The summed E-state index contributed by atoms with van der Waals surface area (Å²) in [7, 11) is 0. The third kappa shape index (κ3) is 7.46. The number of aryl methyl sites for hydroxylation is 1. The minimum absolute atomic E-state index is 0.110. The molecule has 1 N–H and O–H groups in total. The molecule has 2 heterocycles. The molecule has 1 atom stereocenters. The van der Waals surface area contributed by atoms with E-state index in [4.69, 9.17) is 9.47 Å². The second-order valence-electron chi connectivity index (χ2n) is 12.5. The summed E-state index contributed by atoms with van der Waals surface area (Å²) in [6, 6.07) is 10.9. The predicted molar refractivity (Wildman–Crippen MR) is 161 cm³/mol. The SMILES string of the molecule is CCC(C)(C)OC(C(=O)O)c1c(C)ncc(-c2ccc(OCCc3ccc(F)cc3)c(F)c2)c1N1CCC(C)(C)CC1. The van der Waals surface area contributed by atoms with E-state index in [1.54, 1.807) is 37.4 Å². The van der Waals surface area contributed by atoms with Crippen molar-refractivity contribution >= 4 is 11.7 Å². The second kappa shape index (κ2) is 12.8. The Hall–Kier alpha value is -3.52. The van der Waals surface area contributed by atoms with Gasteiger partial charge in [0, 0.05) is 42.5 Å². The summed E-state index contributed by atoms with van der Waals surface area (Å²) in [6.45, 7) is 13.7. The van der Waals surface area contributed by atoms with Gasteiger partial charge in [-0.05, 0) is 80.8 Å². The molecule has 0 spiro atoms. The Morgan fingerprint density at radius 1 is 1.12 bits per heavy atom. The molecule has 4 rings (SSSR count). The number of pyridine rings is 1. The van der Waals surface area contributed by atoms with Gasteiger partial charge in [0.25, 0.3) is 0 Å². The number of nitrogens with zero attached hydrogens (tertiary/aromatic N) is 2. The standard InChI is InChI=1S/C34H42F2N2O4/c1-7-34(5,6)42-31(32(39)40)29-22(2)37-21-26(30(29)38-17-15-33(3,4)16-18-38)24-10-13-28(27(36)20-24)41-19-14-23-8-11-25(35)12-9-23/h8-13,20-21,31H,7,14-19H2,1-6H3,(H,39,40). The van der Waals surface area contributed by atoms with E-state index in [9.17, 15) is 14.3 Å². The van der Waals surface area contributed by atoms with Crippen molar-refractivity contribution in [2.45, 2.75) is 78.9 Å². The number of ether oxygens (including phenoxy) is 2. The van der Waals surface area contributed by atoms with Crippen LogP contribution in [0, 0.1) is 24.0 Å². The zero-order valence-electron chi connectivity index (χ0n) is 25.5. The van der Waals surface area contributed by atoms with E-state index in [1.165, 1.54) is 18.2 Å². The highest BCUT2D eigenvalue weighted by molar-refractivity contribution is 5.86. The average molecular weight is 581 g/mol. The molecule has 8 heteroatoms. The van der Waals surface area contributed by atoms with E-state index >= 15 is 4.39 Å². The van der Waals surface area contributed by atoms with E-state index in [-0.39, 0.29) is 23.6 Å². The van der Waals surface area contributed by atoms with Gasteiger partial charge in [-0.3, -0.25) is 4.98 Å². The van der Waals surface area contributed by atoms with Gasteiger partial charge in [-0.15, -0.1) is 0 Å². The molecule has 3 aromatic rings. The second-order valence-corrected chi connectivity index (χ2v) is 12.5. The molecule has 1 aliphatic heterocycles. The van der Waals surface area contributed by atoms with Crippen molar-refractivity contribution in [1.82, 2.24) is 4.98 Å². The van der Waals surface area contributed by atoms with E-state index in [0.29, 0.717) is 35.2 Å². The molecule has 0 amide bonds. The van der Waals surface area contributed by atoms with Crippen LogP contribution in [0.5, 0.6) is 5.75 Å². The van der Waals surface area contributed by atoms with Crippen molar-refractivity contribution in [3.05, 3.63) is 77.1 Å². The van der Waals surface area contributed by atoms with Crippen LogP contribution in [-0.2, 0) is 16.0 Å². The van der Waals surface area contributed by atoms with E-state index in [2.05, 4.69) is 23.7 Å². The highest BCUT2D eigenvalue weighted by Crippen LogP contribution is 2.44. The molecule has 226 valence electrons. The first-order valence-corrected chi connectivity index (χ1v) is 14.6. The molecule has 0 aliphatic carbocycles. The van der Waals surface area contributed by atoms with Gasteiger partial charge < -0.3 is 19.5 Å². The fourth-order valence-electron chi connectivity index (χ4n) is 5.16. The Morgan fingerprint density at radius 2 is 1.79 bits per heavy atom. The van der Waals surface area contributed by atoms with Gasteiger partial charge >= 0.3 is 5.97 Å². The Bertz CT molecular complexity index is 1400. The maximum absolute atomic E-state index is 15.4. The average Bonchev–Trinajstić information content (AvgIpc) is 2.94. The third-order valence-corrected chi connectivity index (χ3v) is 8.30. The van der Waals surface area contributed by atoms with Crippen molar-refractivity contribution in [2.75, 3.05) is 24.6 Å². The number of carboxylic acid groups (broad SMARTS) is 1. The number of anilines is 1. The Morgan fingerprint density at radius 3 is 2.38 bits per heavy atom. The van der Waals surface area contributed by atoms with Gasteiger partial charge in [-0.25, -0.2) is 13.6 Å². The zero-order chi connectivity index (χ0) is 30.7. The molecule has 0 saturated carbocycles. The highest BCUT2D eigenvalue weighted by Gasteiger charge is 2.36. The van der Waals surface area contributed by atoms with Crippen LogP contribution in [-0.4, -0.2) is 41.4 Å². The first-order chi connectivity index (χ1) is 19.8. The summed E-state index contributed by atoms with van der Waals surface area (Å²) < 4.78 is 40.5. The number of hydrogen-bond acceptors (Lipinski definition) is 5. The van der Waals surface area contributed by atoms with Crippen molar-refractivity contribution in [2.24, 2.45) is 5.41 Å². The van der Waals surface area contributed by atoms with E-state index in [1.807, 2.05) is 20.8 Å². The first kappa shape index (κ1) is 31.4. The molecule has 42 heavy (non-hydrogen) atoms. The molecule has 6 nitrogen and oxygen atoms in total. The number of rotatable bonds is 11.